The highest BCUT2D eigenvalue weighted by Crippen LogP contribution is 2.17. The van der Waals surface area contributed by atoms with Crippen molar-refractivity contribution in [2.24, 2.45) is 0 Å². The second-order valence-corrected chi connectivity index (χ2v) is 19.2. The molecule has 0 aliphatic heterocycles. The second kappa shape index (κ2) is 55.0. The Morgan fingerprint density at radius 3 is 0.924 bits per heavy atom. The van der Waals surface area contributed by atoms with E-state index in [0.29, 0.717) is 19.3 Å². The molecule has 6 heteroatoms. The number of ether oxygens (including phenoxy) is 3. The SMILES string of the molecule is CC/C=C\C/C=C\C/C=C\C/C=C\CCCCCCCCCCCCCCC(=O)OCC(COC(=O)CCCCCCCCC)OC(=O)CCCCCCCCCCCCCCCCCC. The first-order valence-electron chi connectivity index (χ1n) is 28.6. The highest BCUT2D eigenvalue weighted by atomic mass is 16.6. The third kappa shape index (κ3) is 52.3. The molecular weight excluding hydrogens is 817 g/mol. The third-order valence-electron chi connectivity index (χ3n) is 12.6. The summed E-state index contributed by atoms with van der Waals surface area (Å²) in [5, 5.41) is 0. The summed E-state index contributed by atoms with van der Waals surface area (Å²) in [6, 6.07) is 0. The van der Waals surface area contributed by atoms with Crippen LogP contribution in [0.1, 0.15) is 297 Å². The first-order chi connectivity index (χ1) is 32.5. The van der Waals surface area contributed by atoms with E-state index < -0.39 is 6.10 Å². The summed E-state index contributed by atoms with van der Waals surface area (Å²) in [7, 11) is 0. The molecule has 0 aliphatic carbocycles. The Labute approximate surface area is 409 Å². The maximum absolute atomic E-state index is 12.8. The number of carbonyl (C=O) groups is 3. The Morgan fingerprint density at radius 2 is 0.591 bits per heavy atom. The summed E-state index contributed by atoms with van der Waals surface area (Å²) in [5.41, 5.74) is 0. The third-order valence-corrected chi connectivity index (χ3v) is 12.6. The molecule has 0 amide bonds. The Hall–Kier alpha value is -2.63. The molecule has 6 nitrogen and oxygen atoms in total. The van der Waals surface area contributed by atoms with E-state index >= 15 is 0 Å². The fourth-order valence-electron chi connectivity index (χ4n) is 8.32. The van der Waals surface area contributed by atoms with Crippen LogP contribution in [0, 0.1) is 0 Å². The van der Waals surface area contributed by atoms with Crippen LogP contribution in [0.2, 0.25) is 0 Å². The molecule has 1 unspecified atom stereocenters. The topological polar surface area (TPSA) is 78.9 Å². The van der Waals surface area contributed by atoms with E-state index in [0.717, 1.165) is 83.5 Å². The van der Waals surface area contributed by atoms with Crippen LogP contribution in [0.25, 0.3) is 0 Å². The molecule has 0 aromatic carbocycles. The van der Waals surface area contributed by atoms with Gasteiger partial charge in [0.2, 0.25) is 0 Å². The van der Waals surface area contributed by atoms with E-state index in [9.17, 15) is 14.4 Å². The van der Waals surface area contributed by atoms with Crippen molar-refractivity contribution in [1.82, 2.24) is 0 Å². The van der Waals surface area contributed by atoms with E-state index in [1.54, 1.807) is 0 Å². The summed E-state index contributed by atoms with van der Waals surface area (Å²) < 4.78 is 16.8. The van der Waals surface area contributed by atoms with Crippen molar-refractivity contribution in [3.8, 4) is 0 Å². The largest absolute Gasteiger partial charge is 0.462 e. The van der Waals surface area contributed by atoms with Crippen LogP contribution in [0.5, 0.6) is 0 Å². The molecule has 0 saturated heterocycles. The summed E-state index contributed by atoms with van der Waals surface area (Å²) >= 11 is 0. The molecule has 0 aromatic heterocycles. The zero-order chi connectivity index (χ0) is 47.9. The van der Waals surface area contributed by atoms with Gasteiger partial charge in [-0.2, -0.15) is 0 Å². The van der Waals surface area contributed by atoms with Gasteiger partial charge in [-0.3, -0.25) is 14.4 Å². The number of hydrogen-bond donors (Lipinski definition) is 0. The number of unbranched alkanes of at least 4 members (excludes halogenated alkanes) is 33. The van der Waals surface area contributed by atoms with E-state index in [1.807, 2.05) is 0 Å². The van der Waals surface area contributed by atoms with Crippen LogP contribution in [0.15, 0.2) is 48.6 Å². The molecule has 0 saturated carbocycles. The van der Waals surface area contributed by atoms with Gasteiger partial charge < -0.3 is 14.2 Å². The smallest absolute Gasteiger partial charge is 0.306 e. The zero-order valence-corrected chi connectivity index (χ0v) is 44.0. The summed E-state index contributed by atoms with van der Waals surface area (Å²) in [6.45, 7) is 6.52. The van der Waals surface area contributed by atoms with Crippen LogP contribution in [0.3, 0.4) is 0 Å². The fourth-order valence-corrected chi connectivity index (χ4v) is 8.32. The standard InChI is InChI=1S/C60H108O6/c1-4-7-10-13-16-18-20-22-24-26-27-28-29-30-31-32-33-34-36-37-39-41-44-47-50-53-59(62)65-56-57(55-64-58(61)52-49-46-43-15-12-9-6-3)66-60(63)54-51-48-45-42-40-38-35-25-23-21-19-17-14-11-8-5-2/h7,10,16,18,22,24,27-28,57H,4-6,8-9,11-15,17,19-21,23,25-26,29-56H2,1-3H3/b10-7-,18-16-,24-22-,28-27-. The highest BCUT2D eigenvalue weighted by Gasteiger charge is 2.19. The quantitative estimate of drug-likeness (QED) is 0.0262. The minimum atomic E-state index is -0.767. The minimum Gasteiger partial charge on any atom is -0.462 e. The van der Waals surface area contributed by atoms with Gasteiger partial charge in [0.05, 0.1) is 0 Å². The maximum Gasteiger partial charge on any atom is 0.306 e. The lowest BCUT2D eigenvalue weighted by Crippen LogP contribution is -2.30. The lowest BCUT2D eigenvalue weighted by atomic mass is 10.0. The molecule has 0 radical (unpaired) electrons. The average molecular weight is 926 g/mol. The van der Waals surface area contributed by atoms with Crippen LogP contribution >= 0.6 is 0 Å². The minimum absolute atomic E-state index is 0.0695. The lowest BCUT2D eigenvalue weighted by molar-refractivity contribution is -0.167. The van der Waals surface area contributed by atoms with Crippen LogP contribution in [-0.4, -0.2) is 37.2 Å². The Bertz CT molecular complexity index is 1150. The van der Waals surface area contributed by atoms with Gasteiger partial charge in [0.1, 0.15) is 13.2 Å². The predicted octanol–water partition coefficient (Wildman–Crippen LogP) is 19.0. The van der Waals surface area contributed by atoms with Gasteiger partial charge in [-0.25, -0.2) is 0 Å². The van der Waals surface area contributed by atoms with Gasteiger partial charge in [0.15, 0.2) is 6.10 Å². The van der Waals surface area contributed by atoms with E-state index in [2.05, 4.69) is 69.4 Å². The maximum atomic E-state index is 12.8. The molecule has 1 atom stereocenters. The molecule has 0 fully saturated rings. The van der Waals surface area contributed by atoms with Gasteiger partial charge in [-0.05, 0) is 57.8 Å². The number of carbonyl (C=O) groups excluding carboxylic acids is 3. The van der Waals surface area contributed by atoms with Crippen molar-refractivity contribution in [2.75, 3.05) is 13.2 Å². The van der Waals surface area contributed by atoms with E-state index in [-0.39, 0.29) is 31.1 Å². The molecule has 0 spiro atoms. The Kier molecular flexibility index (Phi) is 52.8. The van der Waals surface area contributed by atoms with Crippen molar-refractivity contribution in [2.45, 2.75) is 303 Å². The Balaban J connectivity index is 4.13. The molecule has 0 aliphatic rings. The number of rotatable bonds is 52. The van der Waals surface area contributed by atoms with Crippen molar-refractivity contribution in [3.05, 3.63) is 48.6 Å². The monoisotopic (exact) mass is 925 g/mol. The number of allylic oxidation sites excluding steroid dienone is 8. The predicted molar refractivity (Wildman–Crippen MR) is 284 cm³/mol. The molecular formula is C60H108O6. The van der Waals surface area contributed by atoms with E-state index in [1.165, 1.54) is 173 Å². The van der Waals surface area contributed by atoms with Gasteiger partial charge in [-0.1, -0.05) is 268 Å². The molecule has 0 rings (SSSR count). The van der Waals surface area contributed by atoms with Crippen molar-refractivity contribution < 1.29 is 28.6 Å². The first-order valence-corrected chi connectivity index (χ1v) is 28.6. The molecule has 384 valence electrons. The Morgan fingerprint density at radius 1 is 0.318 bits per heavy atom. The van der Waals surface area contributed by atoms with Crippen molar-refractivity contribution in [3.63, 3.8) is 0 Å². The molecule has 0 aromatic rings. The van der Waals surface area contributed by atoms with Crippen LogP contribution in [-0.2, 0) is 28.6 Å². The molecule has 0 heterocycles. The second-order valence-electron chi connectivity index (χ2n) is 19.2. The average Bonchev–Trinajstić information content (AvgIpc) is 3.31. The summed E-state index contributed by atoms with van der Waals surface area (Å²) in [4.78, 5) is 37.9. The lowest BCUT2D eigenvalue weighted by Gasteiger charge is -2.18. The van der Waals surface area contributed by atoms with Gasteiger partial charge in [0, 0.05) is 19.3 Å². The van der Waals surface area contributed by atoms with Gasteiger partial charge in [-0.15, -0.1) is 0 Å². The normalized spacial score (nSPS) is 12.3. The molecule has 0 bridgehead atoms. The van der Waals surface area contributed by atoms with Crippen molar-refractivity contribution in [1.29, 1.82) is 0 Å². The van der Waals surface area contributed by atoms with Gasteiger partial charge >= 0.3 is 17.9 Å². The van der Waals surface area contributed by atoms with Crippen molar-refractivity contribution >= 4 is 17.9 Å². The summed E-state index contributed by atoms with van der Waals surface area (Å²) in [5.74, 6) is -0.863. The summed E-state index contributed by atoms with van der Waals surface area (Å²) in [6.07, 6.45) is 67.0. The highest BCUT2D eigenvalue weighted by molar-refractivity contribution is 5.71. The number of hydrogen-bond acceptors (Lipinski definition) is 6. The molecule has 66 heavy (non-hydrogen) atoms. The first kappa shape index (κ1) is 63.4. The van der Waals surface area contributed by atoms with Crippen LogP contribution in [0.4, 0.5) is 0 Å². The zero-order valence-electron chi connectivity index (χ0n) is 44.0. The van der Waals surface area contributed by atoms with Gasteiger partial charge in [0.25, 0.3) is 0 Å². The number of esters is 3. The van der Waals surface area contributed by atoms with E-state index in [4.69, 9.17) is 14.2 Å². The molecule has 0 N–H and O–H groups in total. The fraction of sp³-hybridized carbons (Fsp3) is 0.817. The van der Waals surface area contributed by atoms with Crippen LogP contribution < -0.4 is 0 Å².